The van der Waals surface area contributed by atoms with E-state index in [9.17, 15) is 52.7 Å². The molecule has 23 heteroatoms. The highest BCUT2D eigenvalue weighted by molar-refractivity contribution is 5.95. The van der Waals surface area contributed by atoms with Crippen LogP contribution in [0.3, 0.4) is 0 Å². The van der Waals surface area contributed by atoms with Crippen LogP contribution in [0.4, 0.5) is 4.79 Å². The van der Waals surface area contributed by atoms with Crippen LogP contribution in [-0.4, -0.2) is 195 Å². The van der Waals surface area contributed by atoms with E-state index in [0.717, 1.165) is 17.9 Å². The first-order valence-electron chi connectivity index (χ1n) is 29.8. The molecule has 8 N–H and O–H groups in total. The lowest BCUT2D eigenvalue weighted by Gasteiger charge is -2.36. The standard InChI is InChI=1S/C60H110N12O11/c1-21-45(56(81)70(18)34-50(76)66-60(37-75,33-40(6)7)65-47(35-73)41(8)9)63-55(80)48(26-25-43(12)24-22-23-29-69(16)17)71(19)51(77)32-44(13)27-28-62-54(79)49(31-39(4)5)72(20)57(82)52(42(10)11)64-58(83)68-59(14,36-74)67-53(78)46(61-15)30-38(2)3/h22-23,35-49,52,61,65H,21,24-34H2,1-20H3,(H,62,79)(H,63,80)(H,66,76)(H,67,78)(H2,64,68,83). The predicted octanol–water partition coefficient (Wildman–Crippen LogP) is 3.36. The van der Waals surface area contributed by atoms with Gasteiger partial charge in [0, 0.05) is 40.7 Å². The van der Waals surface area contributed by atoms with Gasteiger partial charge in [0.15, 0.2) is 18.2 Å². The van der Waals surface area contributed by atoms with Crippen LogP contribution in [0, 0.1) is 41.4 Å². The second-order valence-electron chi connectivity index (χ2n) is 25.2. The van der Waals surface area contributed by atoms with Gasteiger partial charge in [-0.05, 0) is 121 Å². The monoisotopic (exact) mass is 1170 g/mol. The Kier molecular flexibility index (Phi) is 35.5. The van der Waals surface area contributed by atoms with Crippen molar-refractivity contribution in [2.24, 2.45) is 41.4 Å². The van der Waals surface area contributed by atoms with Gasteiger partial charge in [0.25, 0.3) is 0 Å². The highest BCUT2D eigenvalue weighted by Crippen LogP contribution is 2.21. The van der Waals surface area contributed by atoms with Gasteiger partial charge >= 0.3 is 6.03 Å². The molecule has 0 spiro atoms. The van der Waals surface area contributed by atoms with Crippen LogP contribution in [0.15, 0.2) is 12.2 Å². The van der Waals surface area contributed by atoms with E-state index in [-0.39, 0.29) is 80.1 Å². The molecule has 0 saturated heterocycles. The van der Waals surface area contributed by atoms with Crippen molar-refractivity contribution < 1.29 is 52.7 Å². The average molecular weight is 1180 g/mol. The number of hydrogen-bond acceptors (Lipinski definition) is 14. The zero-order valence-electron chi connectivity index (χ0n) is 54.2. The fraction of sp³-hybridized carbons (Fsp3) is 0.783. The Balaban J connectivity index is 6.31. The number of nitrogens with zero attached hydrogens (tertiary/aromatic N) is 4. The maximum atomic E-state index is 14.4. The van der Waals surface area contributed by atoms with Crippen molar-refractivity contribution in [2.45, 2.75) is 202 Å². The van der Waals surface area contributed by atoms with Gasteiger partial charge < -0.3 is 61.6 Å². The molecule has 0 aromatic heterocycles. The second-order valence-corrected chi connectivity index (χ2v) is 25.2. The first-order valence-corrected chi connectivity index (χ1v) is 29.8. The maximum Gasteiger partial charge on any atom is 0.317 e. The number of hydrogen-bond donors (Lipinski definition) is 8. The van der Waals surface area contributed by atoms with Crippen LogP contribution in [0.5, 0.6) is 0 Å². The number of likely N-dealkylation sites (N-methyl/N-ethyl adjacent to an activating group) is 5. The van der Waals surface area contributed by atoms with Gasteiger partial charge in [-0.15, -0.1) is 0 Å². The molecular formula is C60H110N12O11. The van der Waals surface area contributed by atoms with Crippen LogP contribution in [0.25, 0.3) is 0 Å². The lowest BCUT2D eigenvalue weighted by Crippen LogP contribution is -2.66. The molecule has 0 aliphatic rings. The van der Waals surface area contributed by atoms with Gasteiger partial charge in [-0.25, -0.2) is 4.79 Å². The van der Waals surface area contributed by atoms with Crippen molar-refractivity contribution in [3.05, 3.63) is 12.2 Å². The van der Waals surface area contributed by atoms with Gasteiger partial charge in [-0.3, -0.25) is 48.5 Å². The summed E-state index contributed by atoms with van der Waals surface area (Å²) in [6, 6.07) is -6.35. The summed E-state index contributed by atoms with van der Waals surface area (Å²) in [5.74, 6) is -4.27. The summed E-state index contributed by atoms with van der Waals surface area (Å²) in [5, 5.41) is 22.1. The zero-order chi connectivity index (χ0) is 64.1. The lowest BCUT2D eigenvalue weighted by atomic mass is 9.95. The summed E-state index contributed by atoms with van der Waals surface area (Å²) < 4.78 is 0. The molecule has 0 rings (SSSR count). The molecule has 0 bridgehead atoms. The van der Waals surface area contributed by atoms with Crippen LogP contribution < -0.4 is 42.5 Å². The molecule has 0 radical (unpaired) electrons. The van der Waals surface area contributed by atoms with Crippen molar-refractivity contribution in [1.29, 1.82) is 0 Å². The number of amides is 9. The van der Waals surface area contributed by atoms with E-state index in [1.165, 1.54) is 30.8 Å². The molecule has 0 aliphatic heterocycles. The Morgan fingerprint density at radius 1 is 0.602 bits per heavy atom. The summed E-state index contributed by atoms with van der Waals surface area (Å²) >= 11 is 0. The third kappa shape index (κ3) is 28.6. The highest BCUT2D eigenvalue weighted by Gasteiger charge is 2.39. The normalized spacial score (nSPS) is 16.1. The van der Waals surface area contributed by atoms with Gasteiger partial charge in [0.1, 0.15) is 36.1 Å². The molecule has 83 heavy (non-hydrogen) atoms. The Labute approximate surface area is 497 Å². The SMILES string of the molecule is CCC(NC(=O)C(CCC(C)CC=CCN(C)C)N(C)C(=O)CC(C)CCNC(=O)C(CC(C)C)N(C)C(=O)C(NC(=O)NC(C)(C=O)NC(=O)C(CC(C)C)NC)C(C)C)C(=O)N(C)CC(=O)NC(C=O)(CC(C)C)NC(C=O)C(C)C. The van der Waals surface area contributed by atoms with Gasteiger partial charge in [-0.2, -0.15) is 0 Å². The number of allylic oxidation sites excluding steroid dienone is 1. The molecule has 9 amide bonds. The van der Waals surface area contributed by atoms with Crippen molar-refractivity contribution in [2.75, 3.05) is 61.9 Å². The van der Waals surface area contributed by atoms with Crippen LogP contribution in [-0.2, 0) is 47.9 Å². The third-order valence-electron chi connectivity index (χ3n) is 14.5. The quantitative estimate of drug-likeness (QED) is 0.0248. The summed E-state index contributed by atoms with van der Waals surface area (Å²) in [6.45, 7) is 26.0. The minimum absolute atomic E-state index is 0.0180. The van der Waals surface area contributed by atoms with Gasteiger partial charge in [0.05, 0.1) is 18.6 Å². The fourth-order valence-electron chi connectivity index (χ4n) is 9.41. The molecule has 23 nitrogen and oxygen atoms in total. The molecule has 0 heterocycles. The lowest BCUT2D eigenvalue weighted by molar-refractivity contribution is -0.143. The molecule has 0 saturated carbocycles. The number of urea groups is 1. The molecule has 476 valence electrons. The van der Waals surface area contributed by atoms with Crippen LogP contribution >= 0.6 is 0 Å². The van der Waals surface area contributed by atoms with Gasteiger partial charge in [0.2, 0.25) is 41.4 Å². The number of aldehydes is 3. The van der Waals surface area contributed by atoms with Crippen molar-refractivity contribution in [1.82, 2.24) is 62.1 Å². The smallest absolute Gasteiger partial charge is 0.317 e. The Morgan fingerprint density at radius 3 is 1.71 bits per heavy atom. The van der Waals surface area contributed by atoms with E-state index in [2.05, 4.69) is 61.6 Å². The first-order chi connectivity index (χ1) is 38.6. The minimum atomic E-state index is -1.81. The molecule has 0 aliphatic carbocycles. The highest BCUT2D eigenvalue weighted by atomic mass is 16.2. The van der Waals surface area contributed by atoms with E-state index in [1.807, 2.05) is 81.3 Å². The largest absolute Gasteiger partial charge is 0.354 e. The van der Waals surface area contributed by atoms with Crippen molar-refractivity contribution in [3.63, 3.8) is 0 Å². The zero-order valence-corrected chi connectivity index (χ0v) is 54.2. The van der Waals surface area contributed by atoms with Crippen LogP contribution in [0.1, 0.15) is 155 Å². The first kappa shape index (κ1) is 77.2. The second kappa shape index (κ2) is 38.2. The van der Waals surface area contributed by atoms with Crippen molar-refractivity contribution >= 4 is 66.2 Å². The third-order valence-corrected chi connectivity index (χ3v) is 14.5. The summed E-state index contributed by atoms with van der Waals surface area (Å²) in [5.41, 5.74) is -3.38. The molecule has 0 aromatic rings. The molecule has 10 unspecified atom stereocenters. The summed E-state index contributed by atoms with van der Waals surface area (Å²) in [7, 11) is 10.0. The Hall–Kier alpha value is -5.81. The predicted molar refractivity (Wildman–Crippen MR) is 324 cm³/mol. The minimum Gasteiger partial charge on any atom is -0.354 e. The number of nitrogens with one attached hydrogen (secondary N) is 8. The number of carbonyl (C=O) groups excluding carboxylic acids is 11. The number of carbonyl (C=O) groups is 11. The van der Waals surface area contributed by atoms with Crippen LogP contribution in [0.2, 0.25) is 0 Å². The van der Waals surface area contributed by atoms with E-state index in [1.54, 1.807) is 34.9 Å². The molecule has 10 atom stereocenters. The topological polar surface area (TPSA) is 297 Å². The van der Waals surface area contributed by atoms with E-state index >= 15 is 0 Å². The number of rotatable bonds is 41. The summed E-state index contributed by atoms with van der Waals surface area (Å²) in [6.07, 6.45) is 8.89. The van der Waals surface area contributed by atoms with E-state index < -0.39 is 102 Å². The Bertz CT molecular complexity index is 2120. The van der Waals surface area contributed by atoms with E-state index in [4.69, 9.17) is 0 Å². The molecule has 0 fully saturated rings. The molecule has 0 aromatic carbocycles. The fourth-order valence-corrected chi connectivity index (χ4v) is 9.41. The Morgan fingerprint density at radius 2 is 1.22 bits per heavy atom. The maximum absolute atomic E-state index is 14.4. The summed E-state index contributed by atoms with van der Waals surface area (Å²) in [4.78, 5) is 153. The average Bonchev–Trinajstić information content (AvgIpc) is 3.46. The van der Waals surface area contributed by atoms with Crippen molar-refractivity contribution in [3.8, 4) is 0 Å². The molecular weight excluding hydrogens is 1060 g/mol. The van der Waals surface area contributed by atoms with Gasteiger partial charge in [-0.1, -0.05) is 102 Å². The van der Waals surface area contributed by atoms with E-state index in [0.29, 0.717) is 38.1 Å².